The summed E-state index contributed by atoms with van der Waals surface area (Å²) in [6.07, 6.45) is 4.62. The lowest BCUT2D eigenvalue weighted by atomic mass is 9.90. The molecule has 5 nitrogen and oxygen atoms in total. The molecule has 1 atom stereocenters. The highest BCUT2D eigenvalue weighted by Gasteiger charge is 2.23. The Kier molecular flexibility index (Phi) is 3.85. The maximum Gasteiger partial charge on any atom is 0.231 e. The monoisotopic (exact) mass is 313 g/mol. The molecular weight excluding hydrogens is 290 g/mol. The van der Waals surface area contributed by atoms with E-state index in [2.05, 4.69) is 35.1 Å². The first-order valence-corrected chi connectivity index (χ1v) is 8.56. The summed E-state index contributed by atoms with van der Waals surface area (Å²) < 4.78 is 13.1. The van der Waals surface area contributed by atoms with E-state index in [1.54, 1.807) is 0 Å². The molecular formula is C18H23N3O2. The van der Waals surface area contributed by atoms with E-state index in [1.165, 1.54) is 18.4 Å². The number of fused-ring (bicyclic) bond motifs is 2. The van der Waals surface area contributed by atoms with Gasteiger partial charge in [0.1, 0.15) is 5.82 Å². The number of rotatable bonds is 5. The van der Waals surface area contributed by atoms with Gasteiger partial charge in [0, 0.05) is 25.1 Å². The van der Waals surface area contributed by atoms with Crippen LogP contribution in [0.25, 0.3) is 0 Å². The molecule has 0 radical (unpaired) electrons. The van der Waals surface area contributed by atoms with E-state index in [0.29, 0.717) is 12.7 Å². The third kappa shape index (κ3) is 2.76. The van der Waals surface area contributed by atoms with Crippen LogP contribution in [0.1, 0.15) is 49.8 Å². The van der Waals surface area contributed by atoms with Crippen LogP contribution in [0.5, 0.6) is 11.5 Å². The third-order valence-corrected chi connectivity index (χ3v) is 4.65. The van der Waals surface area contributed by atoms with Crippen molar-refractivity contribution in [1.82, 2.24) is 9.78 Å². The molecule has 0 aliphatic carbocycles. The average Bonchev–Trinajstić information content (AvgIpc) is 3.21. The molecule has 4 rings (SSSR count). The van der Waals surface area contributed by atoms with Crippen molar-refractivity contribution in [2.24, 2.45) is 0 Å². The van der Waals surface area contributed by atoms with Crippen molar-refractivity contribution >= 4 is 5.82 Å². The largest absolute Gasteiger partial charge is 0.454 e. The van der Waals surface area contributed by atoms with Gasteiger partial charge in [-0.05, 0) is 30.5 Å². The van der Waals surface area contributed by atoms with Gasteiger partial charge in [0.05, 0.1) is 5.69 Å². The number of benzene rings is 1. The number of ether oxygens (including phenoxy) is 2. The molecule has 23 heavy (non-hydrogen) atoms. The van der Waals surface area contributed by atoms with Gasteiger partial charge in [-0.3, -0.25) is 0 Å². The molecule has 122 valence electrons. The minimum absolute atomic E-state index is 0.310. The Morgan fingerprint density at radius 1 is 1.26 bits per heavy atom. The van der Waals surface area contributed by atoms with Crippen molar-refractivity contribution in [3.05, 3.63) is 35.5 Å². The van der Waals surface area contributed by atoms with E-state index in [9.17, 15) is 0 Å². The van der Waals surface area contributed by atoms with Crippen molar-refractivity contribution in [2.75, 3.05) is 18.7 Å². The summed E-state index contributed by atoms with van der Waals surface area (Å²) in [5, 5.41) is 8.30. The van der Waals surface area contributed by atoms with Gasteiger partial charge in [-0.15, -0.1) is 0 Å². The van der Waals surface area contributed by atoms with Crippen LogP contribution < -0.4 is 14.8 Å². The lowest BCUT2D eigenvalue weighted by Gasteiger charge is -2.15. The SMILES string of the molecule is CCCCC(c1ccc2c(c1)OCO2)c1cc2n(n1)CCCN2. The smallest absolute Gasteiger partial charge is 0.231 e. The zero-order chi connectivity index (χ0) is 15.6. The first kappa shape index (κ1) is 14.4. The zero-order valence-electron chi connectivity index (χ0n) is 13.5. The molecule has 2 aliphatic heterocycles. The summed E-state index contributed by atoms with van der Waals surface area (Å²) >= 11 is 0. The maximum absolute atomic E-state index is 5.55. The number of aromatic nitrogens is 2. The van der Waals surface area contributed by atoms with Crippen LogP contribution in [-0.4, -0.2) is 23.1 Å². The van der Waals surface area contributed by atoms with Crippen molar-refractivity contribution in [3.63, 3.8) is 0 Å². The molecule has 1 unspecified atom stereocenters. The van der Waals surface area contributed by atoms with E-state index in [4.69, 9.17) is 14.6 Å². The standard InChI is InChI=1S/C18H23N3O2/c1-2-3-5-14(13-6-7-16-17(10-13)23-12-22-16)15-11-18-19-8-4-9-21(18)20-15/h6-7,10-11,14,19H,2-5,8-9,12H2,1H3. The van der Waals surface area contributed by atoms with Crippen molar-refractivity contribution in [3.8, 4) is 11.5 Å². The van der Waals surface area contributed by atoms with Crippen LogP contribution in [0.4, 0.5) is 5.82 Å². The van der Waals surface area contributed by atoms with Crippen molar-refractivity contribution in [2.45, 2.75) is 45.1 Å². The Hall–Kier alpha value is -2.17. The quantitative estimate of drug-likeness (QED) is 0.913. The number of hydrogen-bond donors (Lipinski definition) is 1. The summed E-state index contributed by atoms with van der Waals surface area (Å²) in [7, 11) is 0. The topological polar surface area (TPSA) is 48.3 Å². The van der Waals surface area contributed by atoms with Gasteiger partial charge in [-0.2, -0.15) is 5.10 Å². The molecule has 0 fully saturated rings. The zero-order valence-corrected chi connectivity index (χ0v) is 13.5. The van der Waals surface area contributed by atoms with Crippen molar-refractivity contribution < 1.29 is 9.47 Å². The fourth-order valence-corrected chi connectivity index (χ4v) is 3.39. The molecule has 1 aromatic carbocycles. The second-order valence-electron chi connectivity index (χ2n) is 6.27. The van der Waals surface area contributed by atoms with Gasteiger partial charge in [0.2, 0.25) is 6.79 Å². The maximum atomic E-state index is 5.55. The van der Waals surface area contributed by atoms with Gasteiger partial charge in [-0.25, -0.2) is 4.68 Å². The third-order valence-electron chi connectivity index (χ3n) is 4.65. The normalized spacial score (nSPS) is 16.7. The number of nitrogens with one attached hydrogen (secondary N) is 1. The van der Waals surface area contributed by atoms with E-state index in [0.717, 1.165) is 48.9 Å². The molecule has 1 aromatic heterocycles. The van der Waals surface area contributed by atoms with Gasteiger partial charge < -0.3 is 14.8 Å². The Morgan fingerprint density at radius 3 is 3.04 bits per heavy atom. The highest BCUT2D eigenvalue weighted by atomic mass is 16.7. The summed E-state index contributed by atoms with van der Waals surface area (Å²) in [6, 6.07) is 8.50. The average molecular weight is 313 g/mol. The highest BCUT2D eigenvalue weighted by Crippen LogP contribution is 2.38. The van der Waals surface area contributed by atoms with Gasteiger partial charge in [-0.1, -0.05) is 25.8 Å². The Labute approximate surface area is 136 Å². The van der Waals surface area contributed by atoms with E-state index in [1.807, 2.05) is 6.07 Å². The Bertz CT molecular complexity index is 672. The first-order chi connectivity index (χ1) is 11.3. The summed E-state index contributed by atoms with van der Waals surface area (Å²) in [5.74, 6) is 3.15. The molecule has 2 aliphatic rings. The van der Waals surface area contributed by atoms with Crippen LogP contribution in [0.15, 0.2) is 24.3 Å². The number of unbranched alkanes of at least 4 members (excludes halogenated alkanes) is 1. The number of anilines is 1. The summed E-state index contributed by atoms with van der Waals surface area (Å²) in [5.41, 5.74) is 2.42. The predicted molar refractivity (Wildman–Crippen MR) is 89.3 cm³/mol. The van der Waals surface area contributed by atoms with Crippen LogP contribution in [-0.2, 0) is 6.54 Å². The van der Waals surface area contributed by atoms with Crippen molar-refractivity contribution in [1.29, 1.82) is 0 Å². The second-order valence-corrected chi connectivity index (χ2v) is 6.27. The van der Waals surface area contributed by atoms with E-state index in [-0.39, 0.29) is 0 Å². The minimum atomic E-state index is 0.310. The molecule has 2 aromatic rings. The molecule has 5 heteroatoms. The summed E-state index contributed by atoms with van der Waals surface area (Å²) in [6.45, 7) is 4.59. The van der Waals surface area contributed by atoms with E-state index >= 15 is 0 Å². The molecule has 0 amide bonds. The molecule has 0 bridgehead atoms. The lowest BCUT2D eigenvalue weighted by molar-refractivity contribution is 0.174. The van der Waals surface area contributed by atoms with Crippen LogP contribution in [0, 0.1) is 0 Å². The lowest BCUT2D eigenvalue weighted by Crippen LogP contribution is -2.17. The molecule has 0 spiro atoms. The molecule has 0 saturated carbocycles. The number of hydrogen-bond acceptors (Lipinski definition) is 4. The van der Waals surface area contributed by atoms with Gasteiger partial charge in [0.25, 0.3) is 0 Å². The van der Waals surface area contributed by atoms with Crippen LogP contribution in [0.3, 0.4) is 0 Å². The number of nitrogens with zero attached hydrogens (tertiary/aromatic N) is 2. The molecule has 1 N–H and O–H groups in total. The molecule has 3 heterocycles. The fourth-order valence-electron chi connectivity index (χ4n) is 3.39. The van der Waals surface area contributed by atoms with Crippen LogP contribution in [0.2, 0.25) is 0 Å². The first-order valence-electron chi connectivity index (χ1n) is 8.56. The number of aryl methyl sites for hydroxylation is 1. The Balaban J connectivity index is 1.67. The van der Waals surface area contributed by atoms with Gasteiger partial charge in [0.15, 0.2) is 11.5 Å². The highest BCUT2D eigenvalue weighted by molar-refractivity contribution is 5.48. The second kappa shape index (κ2) is 6.14. The Morgan fingerprint density at radius 2 is 2.17 bits per heavy atom. The summed E-state index contributed by atoms with van der Waals surface area (Å²) in [4.78, 5) is 0. The van der Waals surface area contributed by atoms with Crippen LogP contribution >= 0.6 is 0 Å². The molecule has 0 saturated heterocycles. The van der Waals surface area contributed by atoms with E-state index < -0.39 is 0 Å². The minimum Gasteiger partial charge on any atom is -0.454 e. The predicted octanol–water partition coefficient (Wildman–Crippen LogP) is 3.75. The van der Waals surface area contributed by atoms with Gasteiger partial charge >= 0.3 is 0 Å². The fraction of sp³-hybridized carbons (Fsp3) is 0.500.